The van der Waals surface area contributed by atoms with Crippen molar-refractivity contribution in [1.29, 1.82) is 0 Å². The molecule has 0 spiro atoms. The van der Waals surface area contributed by atoms with E-state index in [0.717, 1.165) is 0 Å². The Kier molecular flexibility index (Phi) is 6.37. The van der Waals surface area contributed by atoms with Gasteiger partial charge >= 0.3 is 5.97 Å². The van der Waals surface area contributed by atoms with Crippen molar-refractivity contribution in [3.63, 3.8) is 0 Å². The van der Waals surface area contributed by atoms with Gasteiger partial charge in [0.15, 0.2) is 17.4 Å². The summed E-state index contributed by atoms with van der Waals surface area (Å²) in [6.07, 6.45) is -1.52. The summed E-state index contributed by atoms with van der Waals surface area (Å²) >= 11 is 0. The first-order valence-electron chi connectivity index (χ1n) is 6.87. The van der Waals surface area contributed by atoms with Crippen LogP contribution in [0, 0.1) is 23.3 Å². The van der Waals surface area contributed by atoms with Gasteiger partial charge in [0, 0.05) is 12.5 Å². The molecule has 23 heavy (non-hydrogen) atoms. The number of rotatable bonds is 6. The van der Waals surface area contributed by atoms with Gasteiger partial charge in [-0.1, -0.05) is 0 Å². The van der Waals surface area contributed by atoms with E-state index in [1.165, 1.54) is 0 Å². The Bertz CT molecular complexity index is 543. The fourth-order valence-corrected chi connectivity index (χ4v) is 1.62. The molecule has 0 fully saturated rings. The van der Waals surface area contributed by atoms with E-state index in [0.29, 0.717) is 0 Å². The lowest BCUT2D eigenvalue weighted by Crippen LogP contribution is -2.25. The van der Waals surface area contributed by atoms with Crippen molar-refractivity contribution in [1.82, 2.24) is 0 Å². The van der Waals surface area contributed by atoms with Crippen LogP contribution in [0.15, 0.2) is 6.07 Å². The molecule has 1 unspecified atom stereocenters. The van der Waals surface area contributed by atoms with Crippen molar-refractivity contribution in [2.45, 2.75) is 45.3 Å². The fourth-order valence-electron chi connectivity index (χ4n) is 1.62. The van der Waals surface area contributed by atoms with Gasteiger partial charge in [-0.25, -0.2) is 8.78 Å². The molecule has 1 atom stereocenters. The highest BCUT2D eigenvalue weighted by Crippen LogP contribution is 2.26. The molecule has 0 aromatic heterocycles. The summed E-state index contributed by atoms with van der Waals surface area (Å²) in [7, 11) is 0. The van der Waals surface area contributed by atoms with Crippen molar-refractivity contribution >= 4 is 5.97 Å². The normalized spacial score (nSPS) is 12.9. The topological polar surface area (TPSA) is 55.8 Å². The van der Waals surface area contributed by atoms with Crippen LogP contribution in [0.4, 0.5) is 17.6 Å². The Morgan fingerprint density at radius 1 is 1.17 bits per heavy atom. The predicted molar refractivity (Wildman–Crippen MR) is 72.9 cm³/mol. The molecule has 1 rings (SSSR count). The van der Waals surface area contributed by atoms with Crippen LogP contribution >= 0.6 is 0 Å². The molecule has 0 saturated carbocycles. The van der Waals surface area contributed by atoms with E-state index in [4.69, 9.17) is 4.74 Å². The molecule has 1 aromatic rings. The number of halogens is 4. The van der Waals surface area contributed by atoms with Crippen LogP contribution in [-0.4, -0.2) is 29.4 Å². The van der Waals surface area contributed by atoms with Gasteiger partial charge in [0.1, 0.15) is 12.2 Å². The van der Waals surface area contributed by atoms with E-state index < -0.39 is 53.3 Å². The van der Waals surface area contributed by atoms with E-state index in [2.05, 4.69) is 4.74 Å². The van der Waals surface area contributed by atoms with Crippen LogP contribution in [0.25, 0.3) is 0 Å². The first-order chi connectivity index (χ1) is 10.5. The number of carbonyl (C=O) groups excluding carboxylic acids is 1. The predicted octanol–water partition coefficient (Wildman–Crippen LogP) is 3.10. The maximum absolute atomic E-state index is 13.3. The summed E-state index contributed by atoms with van der Waals surface area (Å²) in [6.45, 7) is 4.39. The lowest BCUT2D eigenvalue weighted by molar-refractivity contribution is -0.155. The molecule has 0 heterocycles. The van der Waals surface area contributed by atoms with Crippen LogP contribution in [0.1, 0.15) is 33.6 Å². The maximum Gasteiger partial charge on any atom is 0.306 e. The van der Waals surface area contributed by atoms with Gasteiger partial charge in [-0.2, -0.15) is 8.78 Å². The molecule has 1 aromatic carbocycles. The van der Waals surface area contributed by atoms with Crippen LogP contribution in [0.5, 0.6) is 5.75 Å². The molecular weight excluding hydrogens is 320 g/mol. The van der Waals surface area contributed by atoms with Crippen molar-refractivity contribution in [3.8, 4) is 5.75 Å². The maximum atomic E-state index is 13.3. The molecule has 0 bridgehead atoms. The molecule has 4 nitrogen and oxygen atoms in total. The van der Waals surface area contributed by atoms with Crippen molar-refractivity contribution < 1.29 is 36.9 Å². The molecule has 0 aliphatic carbocycles. The summed E-state index contributed by atoms with van der Waals surface area (Å²) in [6, 6.07) is 0.0520. The second-order valence-corrected chi connectivity index (χ2v) is 5.89. The lowest BCUT2D eigenvalue weighted by atomic mass is 10.1. The van der Waals surface area contributed by atoms with Crippen molar-refractivity contribution in [2.24, 2.45) is 0 Å². The Labute approximate surface area is 131 Å². The number of aliphatic hydroxyl groups excluding tert-OH is 1. The van der Waals surface area contributed by atoms with Crippen molar-refractivity contribution in [3.05, 3.63) is 29.3 Å². The molecule has 0 amide bonds. The molecule has 0 aliphatic rings. The summed E-state index contributed by atoms with van der Waals surface area (Å²) in [5.41, 5.74) is -0.677. The Balaban J connectivity index is 2.55. The monoisotopic (exact) mass is 338 g/mol. The van der Waals surface area contributed by atoms with Crippen LogP contribution in [0.3, 0.4) is 0 Å². The minimum absolute atomic E-state index is 0.0520. The first kappa shape index (κ1) is 19.2. The lowest BCUT2D eigenvalue weighted by Gasteiger charge is -2.20. The molecule has 0 aliphatic heterocycles. The average molecular weight is 338 g/mol. The Hall–Kier alpha value is -1.83. The number of benzene rings is 1. The fraction of sp³-hybridized carbons (Fsp3) is 0.533. The zero-order chi connectivity index (χ0) is 17.8. The minimum atomic E-state index is -1.69. The summed E-state index contributed by atoms with van der Waals surface area (Å²) in [4.78, 5) is 11.4. The first-order valence-corrected chi connectivity index (χ1v) is 6.87. The summed E-state index contributed by atoms with van der Waals surface area (Å²) < 4.78 is 62.2. The highest BCUT2D eigenvalue weighted by Gasteiger charge is 2.22. The third kappa shape index (κ3) is 6.05. The van der Waals surface area contributed by atoms with Gasteiger partial charge in [-0.3, -0.25) is 4.79 Å². The highest BCUT2D eigenvalue weighted by atomic mass is 19.2. The van der Waals surface area contributed by atoms with Gasteiger partial charge in [-0.05, 0) is 27.2 Å². The third-order valence-electron chi connectivity index (χ3n) is 2.59. The van der Waals surface area contributed by atoms with Gasteiger partial charge in [0.2, 0.25) is 11.6 Å². The largest absolute Gasteiger partial charge is 0.485 e. The standard InChI is InChI=1S/C15H18F4O4/c1-15(2,3)23-11(21)5-4-8(20)7-22-14-12(18)9(16)6-10(17)13(14)19/h6,8,20H,4-5,7H2,1-3H3. The van der Waals surface area contributed by atoms with Crippen LogP contribution < -0.4 is 4.74 Å². The zero-order valence-electron chi connectivity index (χ0n) is 13.0. The number of ether oxygens (including phenoxy) is 2. The number of carbonyl (C=O) groups is 1. The molecule has 0 saturated heterocycles. The highest BCUT2D eigenvalue weighted by molar-refractivity contribution is 5.69. The number of esters is 1. The number of hydrogen-bond donors (Lipinski definition) is 1. The van der Waals surface area contributed by atoms with Crippen LogP contribution in [0.2, 0.25) is 0 Å². The summed E-state index contributed by atoms with van der Waals surface area (Å²) in [5, 5.41) is 9.61. The SMILES string of the molecule is CC(C)(C)OC(=O)CCC(O)COc1c(F)c(F)cc(F)c1F. The molecular formula is C15H18F4O4. The molecule has 8 heteroatoms. The van der Waals surface area contributed by atoms with Crippen LogP contribution in [-0.2, 0) is 9.53 Å². The minimum Gasteiger partial charge on any atom is -0.485 e. The summed E-state index contributed by atoms with van der Waals surface area (Å²) in [5.74, 6) is -8.42. The van der Waals surface area contributed by atoms with Gasteiger partial charge in [0.05, 0.1) is 6.10 Å². The van der Waals surface area contributed by atoms with E-state index in [1.807, 2.05) is 0 Å². The van der Waals surface area contributed by atoms with Crippen molar-refractivity contribution in [2.75, 3.05) is 6.61 Å². The Morgan fingerprint density at radius 2 is 1.70 bits per heavy atom. The van der Waals surface area contributed by atoms with Gasteiger partial charge in [-0.15, -0.1) is 0 Å². The second-order valence-electron chi connectivity index (χ2n) is 5.89. The van der Waals surface area contributed by atoms with E-state index in [1.54, 1.807) is 20.8 Å². The van der Waals surface area contributed by atoms with E-state index in [-0.39, 0.29) is 18.9 Å². The quantitative estimate of drug-likeness (QED) is 0.492. The number of hydrogen-bond acceptors (Lipinski definition) is 4. The Morgan fingerprint density at radius 3 is 2.17 bits per heavy atom. The number of aliphatic hydroxyl groups is 1. The van der Waals surface area contributed by atoms with Gasteiger partial charge < -0.3 is 14.6 Å². The second kappa shape index (κ2) is 7.63. The smallest absolute Gasteiger partial charge is 0.306 e. The molecule has 130 valence electrons. The molecule has 0 radical (unpaired) electrons. The van der Waals surface area contributed by atoms with Gasteiger partial charge in [0.25, 0.3) is 0 Å². The van der Waals surface area contributed by atoms with E-state index in [9.17, 15) is 27.5 Å². The molecule has 1 N–H and O–H groups in total. The third-order valence-corrected chi connectivity index (χ3v) is 2.59. The average Bonchev–Trinajstić information content (AvgIpc) is 2.41. The van der Waals surface area contributed by atoms with E-state index >= 15 is 0 Å². The zero-order valence-corrected chi connectivity index (χ0v) is 13.0.